The molecule has 4 heteroatoms. The SMILES string of the molecule is C=C/C=C(C)\C=C(/C)N(c1ccc2c(c1)C1(c3cc(N(c4cccc(C)c4)c4cccc(C)c4)ccc3-c3ccc(N(c4cccc(C)c4)c4ccc(C)c(C)c4)cc31)c1cc(N(c3cccc(C)c3)c3cccc(C)c3)ccc1-2)C1C=CC=C(C)C1.CC. The molecule has 0 aliphatic heterocycles. The van der Waals surface area contributed by atoms with E-state index >= 15 is 0 Å². The zero-order valence-electron chi connectivity index (χ0n) is 54.0. The third-order valence-electron chi connectivity index (χ3n) is 18.1. The lowest BCUT2D eigenvalue weighted by atomic mass is 9.70. The van der Waals surface area contributed by atoms with Crippen LogP contribution in [0.25, 0.3) is 22.3 Å². The normalized spacial score (nSPS) is 15.3. The maximum atomic E-state index is 4.08. The van der Waals surface area contributed by atoms with Crippen LogP contribution in [0.5, 0.6) is 0 Å². The van der Waals surface area contributed by atoms with Crippen molar-refractivity contribution in [1.82, 2.24) is 0 Å². The third kappa shape index (κ3) is 11.1. The van der Waals surface area contributed by atoms with E-state index in [1.165, 1.54) is 94.7 Å². The first-order valence-corrected chi connectivity index (χ1v) is 31.7. The van der Waals surface area contributed by atoms with Crippen LogP contribution in [-0.4, -0.2) is 6.04 Å². The summed E-state index contributed by atoms with van der Waals surface area (Å²) in [6, 6.07) is 81.1. The molecule has 0 N–H and O–H groups in total. The van der Waals surface area contributed by atoms with E-state index in [1.54, 1.807) is 0 Å². The minimum atomic E-state index is -0.842. The summed E-state index contributed by atoms with van der Waals surface area (Å²) in [5, 5.41) is 0. The van der Waals surface area contributed by atoms with Gasteiger partial charge in [0.1, 0.15) is 0 Å². The summed E-state index contributed by atoms with van der Waals surface area (Å²) in [6.45, 7) is 30.2. The van der Waals surface area contributed by atoms with Gasteiger partial charge in [0.25, 0.3) is 0 Å². The molecule has 0 heterocycles. The Morgan fingerprint density at radius 2 is 0.742 bits per heavy atom. The first kappa shape index (κ1) is 59.4. The topological polar surface area (TPSA) is 13.0 Å². The molecule has 0 aromatic heterocycles. The highest BCUT2D eigenvalue weighted by Crippen LogP contribution is 2.65. The Morgan fingerprint density at radius 1 is 0.404 bits per heavy atom. The van der Waals surface area contributed by atoms with Gasteiger partial charge < -0.3 is 19.6 Å². The molecular weight excluding hydrogens is 1080 g/mol. The Bertz CT molecular complexity index is 4310. The van der Waals surface area contributed by atoms with E-state index in [1.807, 2.05) is 19.9 Å². The molecule has 3 aliphatic rings. The van der Waals surface area contributed by atoms with Crippen LogP contribution in [0.15, 0.2) is 272 Å². The largest absolute Gasteiger partial charge is 0.338 e. The van der Waals surface area contributed by atoms with Crippen LogP contribution < -0.4 is 19.6 Å². The molecule has 442 valence electrons. The zero-order chi connectivity index (χ0) is 62.3. The first-order chi connectivity index (χ1) is 43.2. The van der Waals surface area contributed by atoms with Gasteiger partial charge in [0, 0.05) is 62.6 Å². The summed E-state index contributed by atoms with van der Waals surface area (Å²) >= 11 is 0. The van der Waals surface area contributed by atoms with Crippen LogP contribution in [0.1, 0.15) is 102 Å². The van der Waals surface area contributed by atoms with Crippen molar-refractivity contribution in [2.45, 2.75) is 101 Å². The quantitative estimate of drug-likeness (QED) is 0.101. The van der Waals surface area contributed by atoms with E-state index in [4.69, 9.17) is 0 Å². The van der Waals surface area contributed by atoms with Crippen molar-refractivity contribution < 1.29 is 0 Å². The Morgan fingerprint density at radius 3 is 1.09 bits per heavy atom. The maximum Gasteiger partial charge on any atom is 0.0728 e. The van der Waals surface area contributed by atoms with Crippen molar-refractivity contribution in [1.29, 1.82) is 0 Å². The summed E-state index contributed by atoms with van der Waals surface area (Å²) < 4.78 is 0. The van der Waals surface area contributed by atoms with Crippen molar-refractivity contribution in [3.63, 3.8) is 0 Å². The highest BCUT2D eigenvalue weighted by molar-refractivity contribution is 5.99. The fraction of sp³-hybridized carbons (Fsp3) is 0.176. The Labute approximate surface area is 530 Å². The molecule has 89 heavy (non-hydrogen) atoms. The average Bonchev–Trinajstić information content (AvgIpc) is 1.51. The van der Waals surface area contributed by atoms with Crippen LogP contribution in [0.3, 0.4) is 0 Å². The average molecular weight is 1160 g/mol. The number of aryl methyl sites for hydroxylation is 7. The molecule has 1 spiro atoms. The third-order valence-corrected chi connectivity index (χ3v) is 18.1. The molecule has 10 aromatic carbocycles. The Hall–Kier alpha value is -9.90. The summed E-state index contributed by atoms with van der Waals surface area (Å²) in [5.41, 5.74) is 32.4. The first-order valence-electron chi connectivity index (χ1n) is 31.7. The minimum Gasteiger partial charge on any atom is -0.338 e. The second kappa shape index (κ2) is 24.7. The van der Waals surface area contributed by atoms with E-state index in [9.17, 15) is 0 Å². The van der Waals surface area contributed by atoms with Crippen molar-refractivity contribution in [2.75, 3.05) is 19.6 Å². The summed E-state index contributed by atoms with van der Waals surface area (Å²) in [5.74, 6) is 0. The fourth-order valence-corrected chi connectivity index (χ4v) is 14.1. The highest BCUT2D eigenvalue weighted by Gasteiger charge is 2.53. The molecule has 13 rings (SSSR count). The van der Waals surface area contributed by atoms with Gasteiger partial charge in [-0.05, 0) is 292 Å². The van der Waals surface area contributed by atoms with Gasteiger partial charge in [-0.2, -0.15) is 0 Å². The molecule has 0 amide bonds. The van der Waals surface area contributed by atoms with Gasteiger partial charge in [0.05, 0.1) is 11.5 Å². The molecule has 2 unspecified atom stereocenters. The van der Waals surface area contributed by atoms with Crippen LogP contribution in [0, 0.1) is 48.5 Å². The number of hydrogen-bond acceptors (Lipinski definition) is 4. The van der Waals surface area contributed by atoms with E-state index < -0.39 is 5.41 Å². The fourth-order valence-electron chi connectivity index (χ4n) is 14.1. The van der Waals surface area contributed by atoms with Gasteiger partial charge in [-0.25, -0.2) is 0 Å². The van der Waals surface area contributed by atoms with Gasteiger partial charge in [-0.1, -0.05) is 147 Å². The van der Waals surface area contributed by atoms with Crippen molar-refractivity contribution in [3.05, 3.63) is 333 Å². The Balaban J connectivity index is 0.00000381. The number of rotatable bonds is 14. The second-order valence-electron chi connectivity index (χ2n) is 24.6. The molecule has 2 atom stereocenters. The lowest BCUT2D eigenvalue weighted by Gasteiger charge is -2.37. The zero-order valence-corrected chi connectivity index (χ0v) is 54.0. The number of benzene rings is 10. The molecule has 0 saturated carbocycles. The van der Waals surface area contributed by atoms with E-state index in [0.717, 1.165) is 68.9 Å². The second-order valence-corrected chi connectivity index (χ2v) is 24.6. The number of hydrogen-bond donors (Lipinski definition) is 0. The van der Waals surface area contributed by atoms with Crippen LogP contribution >= 0.6 is 0 Å². The van der Waals surface area contributed by atoms with Gasteiger partial charge in [-0.15, -0.1) is 0 Å². The lowest BCUT2D eigenvalue weighted by molar-refractivity contribution is 0.726. The highest BCUT2D eigenvalue weighted by atomic mass is 15.2. The molecule has 4 nitrogen and oxygen atoms in total. The molecule has 0 fully saturated rings. The minimum absolute atomic E-state index is 0.0869. The molecule has 10 aromatic rings. The molecular formula is C85H82N4. The number of anilines is 10. The van der Waals surface area contributed by atoms with Crippen molar-refractivity contribution in [2.24, 2.45) is 0 Å². The standard InChI is InChI=1S/C83H76N4.C2H6/c1-12-19-54(2)42-63(11)84(64-26-13-20-55(3)43-64)71-34-38-75-76-39-35-72(85(65-27-14-21-56(4)44-65)66-28-15-22-57(5)45-66)51-80(76)83(79(75)50-71)81-52-73(86(67-29-16-23-58(6)46-67)68-30-17-24-59(7)47-68)36-40-77(81)78-41-37-74(53-82(78)83)87(69-31-18-25-60(8)48-69)70-33-32-61(9)62(10)49-70;1-2/h12-42,44-53,64H,1,43H2,2-11H3;1-2H3/b54-19-,63-42+;. The predicted octanol–water partition coefficient (Wildman–Crippen LogP) is 23.7. The van der Waals surface area contributed by atoms with Gasteiger partial charge >= 0.3 is 0 Å². The summed E-state index contributed by atoms with van der Waals surface area (Å²) in [4.78, 5) is 9.97. The Kier molecular flexibility index (Phi) is 16.5. The van der Waals surface area contributed by atoms with Gasteiger partial charge in [0.2, 0.25) is 0 Å². The van der Waals surface area contributed by atoms with Gasteiger partial charge in [-0.3, -0.25) is 0 Å². The van der Waals surface area contributed by atoms with E-state index in [0.29, 0.717) is 0 Å². The van der Waals surface area contributed by atoms with Crippen molar-refractivity contribution >= 4 is 56.9 Å². The lowest BCUT2D eigenvalue weighted by Crippen LogP contribution is -2.34. The number of allylic oxidation sites excluding steroid dienone is 7. The summed E-state index contributed by atoms with van der Waals surface area (Å²) in [6.07, 6.45) is 14.1. The van der Waals surface area contributed by atoms with E-state index in [2.05, 4.69) is 338 Å². The van der Waals surface area contributed by atoms with Crippen LogP contribution in [0.2, 0.25) is 0 Å². The van der Waals surface area contributed by atoms with E-state index in [-0.39, 0.29) is 6.04 Å². The van der Waals surface area contributed by atoms with Crippen LogP contribution in [-0.2, 0) is 5.41 Å². The van der Waals surface area contributed by atoms with Gasteiger partial charge in [0.15, 0.2) is 0 Å². The molecule has 3 aliphatic carbocycles. The summed E-state index contributed by atoms with van der Waals surface area (Å²) in [7, 11) is 0. The number of nitrogens with zero attached hydrogens (tertiary/aromatic N) is 4. The number of fused-ring (bicyclic) bond motifs is 10. The maximum absolute atomic E-state index is 4.08. The molecule has 0 saturated heterocycles. The monoisotopic (exact) mass is 1160 g/mol. The molecule has 0 bridgehead atoms. The predicted molar refractivity (Wildman–Crippen MR) is 383 cm³/mol. The molecule has 0 radical (unpaired) electrons. The van der Waals surface area contributed by atoms with Crippen molar-refractivity contribution in [3.8, 4) is 22.3 Å². The smallest absolute Gasteiger partial charge is 0.0728 e. The van der Waals surface area contributed by atoms with Crippen LogP contribution in [0.4, 0.5) is 56.9 Å².